The zero-order chi connectivity index (χ0) is 15.5. The topological polar surface area (TPSA) is 69.7 Å². The van der Waals surface area contributed by atoms with Crippen LogP contribution in [0.2, 0.25) is 5.02 Å². The minimum absolute atomic E-state index is 0. The monoisotopic (exact) mass is 367 g/mol. The Morgan fingerprint density at radius 1 is 1.27 bits per heavy atom. The molecule has 124 valence electrons. The van der Waals surface area contributed by atoms with Gasteiger partial charge in [0, 0.05) is 31.2 Å². The molecule has 0 unspecified atom stereocenters. The number of benzene rings is 1. The van der Waals surface area contributed by atoms with E-state index in [0.717, 1.165) is 0 Å². The zero-order valence-corrected chi connectivity index (χ0v) is 14.5. The molecular weight excluding hydrogens is 349 g/mol. The lowest BCUT2D eigenvalue weighted by Gasteiger charge is -2.34. The predicted molar refractivity (Wildman–Crippen MR) is 88.0 cm³/mol. The quantitative estimate of drug-likeness (QED) is 0.854. The summed E-state index contributed by atoms with van der Waals surface area (Å²) in [6, 6.07) is 6.21. The molecular formula is C13H19Cl2N3O3S. The summed E-state index contributed by atoms with van der Waals surface area (Å²) < 4.78 is 26.4. The van der Waals surface area contributed by atoms with Crippen LogP contribution in [0.15, 0.2) is 29.2 Å². The van der Waals surface area contributed by atoms with E-state index in [1.54, 1.807) is 24.1 Å². The van der Waals surface area contributed by atoms with Crippen LogP contribution in [-0.2, 0) is 14.8 Å². The number of nitrogens with zero attached hydrogens (tertiary/aromatic N) is 2. The Kier molecular flexibility index (Phi) is 7.08. The fourth-order valence-electron chi connectivity index (χ4n) is 2.22. The highest BCUT2D eigenvalue weighted by Crippen LogP contribution is 2.20. The maximum absolute atomic E-state index is 12.5. The van der Waals surface area contributed by atoms with E-state index >= 15 is 0 Å². The van der Waals surface area contributed by atoms with E-state index in [4.69, 9.17) is 11.6 Å². The first-order chi connectivity index (χ1) is 9.95. The number of rotatable bonds is 4. The van der Waals surface area contributed by atoms with E-state index < -0.39 is 10.0 Å². The highest BCUT2D eigenvalue weighted by Gasteiger charge is 2.29. The average Bonchev–Trinajstić information content (AvgIpc) is 2.47. The molecule has 0 atom stereocenters. The van der Waals surface area contributed by atoms with Crippen LogP contribution >= 0.6 is 24.0 Å². The number of halogens is 2. The van der Waals surface area contributed by atoms with Crippen LogP contribution in [0.1, 0.15) is 0 Å². The minimum atomic E-state index is -3.55. The first-order valence-electron chi connectivity index (χ1n) is 6.63. The smallest absolute Gasteiger partial charge is 0.243 e. The number of hydrogen-bond donors (Lipinski definition) is 1. The van der Waals surface area contributed by atoms with Gasteiger partial charge in [-0.1, -0.05) is 17.7 Å². The molecule has 1 aliphatic heterocycles. The molecule has 0 saturated carbocycles. The number of hydrogen-bond acceptors (Lipinski definition) is 4. The van der Waals surface area contributed by atoms with Crippen molar-refractivity contribution in [2.24, 2.45) is 0 Å². The molecule has 1 aromatic rings. The van der Waals surface area contributed by atoms with Gasteiger partial charge in [-0.25, -0.2) is 8.42 Å². The molecule has 1 fully saturated rings. The molecule has 0 aliphatic carbocycles. The Labute approximate surface area is 141 Å². The third kappa shape index (κ3) is 4.33. The van der Waals surface area contributed by atoms with Crippen molar-refractivity contribution >= 4 is 39.9 Å². The van der Waals surface area contributed by atoms with Gasteiger partial charge in [-0.05, 0) is 25.2 Å². The molecule has 0 radical (unpaired) electrons. The van der Waals surface area contributed by atoms with Gasteiger partial charge in [0.15, 0.2) is 0 Å². The van der Waals surface area contributed by atoms with E-state index in [9.17, 15) is 13.2 Å². The predicted octanol–water partition coefficient (Wildman–Crippen LogP) is 0.814. The van der Waals surface area contributed by atoms with Crippen LogP contribution in [-0.4, -0.2) is 63.3 Å². The van der Waals surface area contributed by atoms with Gasteiger partial charge in [0.25, 0.3) is 0 Å². The van der Waals surface area contributed by atoms with Crippen molar-refractivity contribution in [1.82, 2.24) is 14.5 Å². The van der Waals surface area contributed by atoms with E-state index in [1.807, 2.05) is 0 Å². The Morgan fingerprint density at radius 3 is 2.45 bits per heavy atom. The second-order valence-electron chi connectivity index (χ2n) is 4.77. The van der Waals surface area contributed by atoms with Crippen molar-refractivity contribution < 1.29 is 13.2 Å². The van der Waals surface area contributed by atoms with Crippen LogP contribution in [0.25, 0.3) is 0 Å². The molecule has 0 bridgehead atoms. The third-order valence-corrected chi connectivity index (χ3v) is 5.48. The summed E-state index contributed by atoms with van der Waals surface area (Å²) >= 11 is 5.85. The normalized spacial score (nSPS) is 16.2. The van der Waals surface area contributed by atoms with Gasteiger partial charge in [0.2, 0.25) is 15.9 Å². The van der Waals surface area contributed by atoms with Crippen molar-refractivity contribution in [3.8, 4) is 0 Å². The number of carbonyl (C=O) groups is 1. The van der Waals surface area contributed by atoms with Gasteiger partial charge in [-0.15, -0.1) is 12.4 Å². The molecule has 1 aromatic carbocycles. The summed E-state index contributed by atoms with van der Waals surface area (Å²) in [6.07, 6.45) is 0. The SMILES string of the molecule is CNCC(=O)N1CCN(S(=O)(=O)c2cccc(Cl)c2)CC1.Cl. The van der Waals surface area contributed by atoms with Crippen LogP contribution in [0.4, 0.5) is 0 Å². The standard InChI is InChI=1S/C13H18ClN3O3S.ClH/c1-15-10-13(18)16-5-7-17(8-6-16)21(19,20)12-4-2-3-11(14)9-12;/h2-4,9,15H,5-8,10H2,1H3;1H. The largest absolute Gasteiger partial charge is 0.339 e. The van der Waals surface area contributed by atoms with Gasteiger partial charge in [0.05, 0.1) is 11.4 Å². The number of nitrogens with one attached hydrogen (secondary N) is 1. The van der Waals surface area contributed by atoms with Crippen molar-refractivity contribution in [3.63, 3.8) is 0 Å². The molecule has 1 amide bonds. The van der Waals surface area contributed by atoms with E-state index in [-0.39, 0.29) is 29.8 Å². The van der Waals surface area contributed by atoms with E-state index in [2.05, 4.69) is 5.32 Å². The summed E-state index contributed by atoms with van der Waals surface area (Å²) in [7, 11) is -1.84. The van der Waals surface area contributed by atoms with Crippen molar-refractivity contribution in [1.29, 1.82) is 0 Å². The molecule has 1 saturated heterocycles. The molecule has 0 spiro atoms. The fraction of sp³-hybridized carbons (Fsp3) is 0.462. The summed E-state index contributed by atoms with van der Waals surface area (Å²) in [5.41, 5.74) is 0. The average molecular weight is 368 g/mol. The lowest BCUT2D eigenvalue weighted by Crippen LogP contribution is -2.52. The maximum atomic E-state index is 12.5. The number of amides is 1. The van der Waals surface area contributed by atoms with Crippen LogP contribution < -0.4 is 5.32 Å². The second kappa shape index (κ2) is 8.12. The van der Waals surface area contributed by atoms with Gasteiger partial charge >= 0.3 is 0 Å². The molecule has 1 heterocycles. The molecule has 1 aliphatic rings. The zero-order valence-electron chi connectivity index (χ0n) is 12.2. The Bertz CT molecular complexity index is 617. The Morgan fingerprint density at radius 2 is 1.91 bits per heavy atom. The molecule has 6 nitrogen and oxygen atoms in total. The van der Waals surface area contributed by atoms with Crippen molar-refractivity contribution in [2.45, 2.75) is 4.90 Å². The van der Waals surface area contributed by atoms with Gasteiger partial charge in [-0.3, -0.25) is 4.79 Å². The first-order valence-corrected chi connectivity index (χ1v) is 8.45. The van der Waals surface area contributed by atoms with E-state index in [0.29, 0.717) is 31.2 Å². The molecule has 2 rings (SSSR count). The number of likely N-dealkylation sites (N-methyl/N-ethyl adjacent to an activating group) is 1. The molecule has 1 N–H and O–H groups in total. The number of sulfonamides is 1. The van der Waals surface area contributed by atoms with Crippen molar-refractivity contribution in [2.75, 3.05) is 39.8 Å². The maximum Gasteiger partial charge on any atom is 0.243 e. The van der Waals surface area contributed by atoms with Gasteiger partial charge in [-0.2, -0.15) is 4.31 Å². The number of carbonyl (C=O) groups excluding carboxylic acids is 1. The molecule has 22 heavy (non-hydrogen) atoms. The summed E-state index contributed by atoms with van der Waals surface area (Å²) in [5.74, 6) is -0.0164. The third-order valence-electron chi connectivity index (χ3n) is 3.35. The van der Waals surface area contributed by atoms with E-state index in [1.165, 1.54) is 16.4 Å². The second-order valence-corrected chi connectivity index (χ2v) is 7.15. The van der Waals surface area contributed by atoms with Crippen LogP contribution in [0, 0.1) is 0 Å². The Hall–Kier alpha value is -0.860. The van der Waals surface area contributed by atoms with Crippen LogP contribution in [0.3, 0.4) is 0 Å². The highest BCUT2D eigenvalue weighted by molar-refractivity contribution is 7.89. The summed E-state index contributed by atoms with van der Waals surface area (Å²) in [4.78, 5) is 13.6. The number of piperazine rings is 1. The minimum Gasteiger partial charge on any atom is -0.339 e. The van der Waals surface area contributed by atoms with Gasteiger partial charge in [0.1, 0.15) is 0 Å². The molecule has 9 heteroatoms. The lowest BCUT2D eigenvalue weighted by molar-refractivity contribution is -0.131. The van der Waals surface area contributed by atoms with Gasteiger partial charge < -0.3 is 10.2 Å². The van der Waals surface area contributed by atoms with Crippen LogP contribution in [0.5, 0.6) is 0 Å². The molecule has 0 aromatic heterocycles. The summed E-state index contributed by atoms with van der Waals surface area (Å²) in [6.45, 7) is 1.66. The Balaban J connectivity index is 0.00000242. The fourth-order valence-corrected chi connectivity index (χ4v) is 3.94. The van der Waals surface area contributed by atoms with Crippen molar-refractivity contribution in [3.05, 3.63) is 29.3 Å². The summed E-state index contributed by atoms with van der Waals surface area (Å²) in [5, 5.41) is 3.19. The first kappa shape index (κ1) is 19.2. The highest BCUT2D eigenvalue weighted by atomic mass is 35.5. The lowest BCUT2D eigenvalue weighted by atomic mass is 10.3.